The smallest absolute Gasteiger partial charge is 0.387 e. The van der Waals surface area contributed by atoms with Crippen LogP contribution in [0, 0.1) is 6.92 Å². The van der Waals surface area contributed by atoms with Gasteiger partial charge in [-0.25, -0.2) is 0 Å². The van der Waals surface area contributed by atoms with Crippen LogP contribution in [0.4, 0.5) is 8.78 Å². The van der Waals surface area contributed by atoms with Gasteiger partial charge < -0.3 is 14.2 Å². The number of nitrogens with one attached hydrogen (secondary N) is 1. The number of esters is 1. The van der Waals surface area contributed by atoms with E-state index in [2.05, 4.69) is 4.74 Å². The molecule has 0 bridgehead atoms. The number of aryl methyl sites for hydroxylation is 1. The number of ether oxygens (including phenoxy) is 3. The summed E-state index contributed by atoms with van der Waals surface area (Å²) < 4.78 is 38.6. The van der Waals surface area contributed by atoms with Crippen LogP contribution in [-0.4, -0.2) is 37.6 Å². The normalized spacial score (nSPS) is 10.3. The Balaban J connectivity index is 1.69. The maximum Gasteiger partial charge on any atom is 0.387 e. The molecule has 1 N–H and O–H groups in total. The first-order valence-corrected chi connectivity index (χ1v) is 8.58. The van der Waals surface area contributed by atoms with E-state index in [-0.39, 0.29) is 24.3 Å². The highest BCUT2D eigenvalue weighted by Crippen LogP contribution is 2.16. The van der Waals surface area contributed by atoms with E-state index in [9.17, 15) is 23.2 Å². The molecule has 0 unspecified atom stereocenters. The quantitative estimate of drug-likeness (QED) is 0.643. The third-order valence-corrected chi connectivity index (χ3v) is 3.62. The fourth-order valence-electron chi connectivity index (χ4n) is 2.20. The molecule has 2 rings (SSSR count). The molecule has 29 heavy (non-hydrogen) atoms. The number of rotatable bonds is 9. The number of amides is 2. The van der Waals surface area contributed by atoms with Crippen LogP contribution >= 0.6 is 0 Å². The fourth-order valence-corrected chi connectivity index (χ4v) is 2.20. The molecule has 0 saturated carbocycles. The van der Waals surface area contributed by atoms with Gasteiger partial charge in [-0.3, -0.25) is 19.7 Å². The van der Waals surface area contributed by atoms with Gasteiger partial charge in [0.2, 0.25) is 0 Å². The van der Waals surface area contributed by atoms with Crippen molar-refractivity contribution in [2.45, 2.75) is 20.0 Å². The standard InChI is InChI=1S/C20H19F2NO6/c1-13-4-2-3-5-16(13)27-11-10-18(25)28-12-17(24)23-19(26)14-6-8-15(9-7-14)29-20(21)22/h2-9,20H,10-12H2,1H3,(H,23,24,26). The van der Waals surface area contributed by atoms with Gasteiger partial charge in [0.1, 0.15) is 11.5 Å². The topological polar surface area (TPSA) is 90.9 Å². The maximum absolute atomic E-state index is 12.1. The molecule has 0 atom stereocenters. The van der Waals surface area contributed by atoms with Crippen LogP contribution in [0.3, 0.4) is 0 Å². The molecule has 0 aliphatic rings. The first-order chi connectivity index (χ1) is 13.8. The van der Waals surface area contributed by atoms with Crippen molar-refractivity contribution >= 4 is 17.8 Å². The molecule has 0 aromatic heterocycles. The molecule has 0 radical (unpaired) electrons. The fraction of sp³-hybridized carbons (Fsp3) is 0.250. The third kappa shape index (κ3) is 7.57. The molecule has 0 fully saturated rings. The van der Waals surface area contributed by atoms with Crippen LogP contribution < -0.4 is 14.8 Å². The van der Waals surface area contributed by atoms with Crippen LogP contribution in [0.15, 0.2) is 48.5 Å². The Hall–Kier alpha value is -3.49. The SMILES string of the molecule is Cc1ccccc1OCCC(=O)OCC(=O)NC(=O)c1ccc(OC(F)F)cc1. The summed E-state index contributed by atoms with van der Waals surface area (Å²) in [5.41, 5.74) is 0.977. The molecule has 7 nitrogen and oxygen atoms in total. The molecule has 0 spiro atoms. The Kier molecular flexibility index (Phi) is 8.08. The van der Waals surface area contributed by atoms with Crippen molar-refractivity contribution in [1.82, 2.24) is 5.32 Å². The summed E-state index contributed by atoms with van der Waals surface area (Å²) in [6, 6.07) is 12.1. The average Bonchev–Trinajstić information content (AvgIpc) is 2.68. The number of alkyl halides is 2. The van der Waals surface area contributed by atoms with Crippen molar-refractivity contribution in [1.29, 1.82) is 0 Å². The number of benzene rings is 2. The Morgan fingerprint density at radius 3 is 2.38 bits per heavy atom. The van der Waals surface area contributed by atoms with E-state index in [0.29, 0.717) is 5.75 Å². The van der Waals surface area contributed by atoms with Gasteiger partial charge in [-0.2, -0.15) is 8.78 Å². The summed E-state index contributed by atoms with van der Waals surface area (Å²) in [6.07, 6.45) is -0.0683. The van der Waals surface area contributed by atoms with Crippen molar-refractivity contribution in [2.24, 2.45) is 0 Å². The van der Waals surface area contributed by atoms with Crippen molar-refractivity contribution < 1.29 is 37.4 Å². The molecule has 2 aromatic carbocycles. The van der Waals surface area contributed by atoms with Gasteiger partial charge in [0.15, 0.2) is 6.61 Å². The number of halogens is 2. The monoisotopic (exact) mass is 407 g/mol. The lowest BCUT2D eigenvalue weighted by Crippen LogP contribution is -2.34. The van der Waals surface area contributed by atoms with Crippen LogP contribution in [-0.2, 0) is 14.3 Å². The van der Waals surface area contributed by atoms with Crippen molar-refractivity contribution in [3.05, 3.63) is 59.7 Å². The molecule has 2 amide bonds. The number of hydrogen-bond donors (Lipinski definition) is 1. The molecule has 9 heteroatoms. The minimum absolute atomic E-state index is 0.0536. The lowest BCUT2D eigenvalue weighted by molar-refractivity contribution is -0.148. The summed E-state index contributed by atoms with van der Waals surface area (Å²) in [4.78, 5) is 35.3. The predicted molar refractivity (Wildman–Crippen MR) is 97.8 cm³/mol. The summed E-state index contributed by atoms with van der Waals surface area (Å²) in [5.74, 6) is -1.72. The zero-order valence-electron chi connectivity index (χ0n) is 15.5. The zero-order valence-corrected chi connectivity index (χ0v) is 15.5. The van der Waals surface area contributed by atoms with Gasteiger partial charge in [-0.15, -0.1) is 0 Å². The average molecular weight is 407 g/mol. The summed E-state index contributed by atoms with van der Waals surface area (Å²) >= 11 is 0. The van der Waals surface area contributed by atoms with E-state index in [1.54, 1.807) is 12.1 Å². The van der Waals surface area contributed by atoms with Gasteiger partial charge in [0, 0.05) is 5.56 Å². The second-order valence-corrected chi connectivity index (χ2v) is 5.80. The molecule has 2 aromatic rings. The van der Waals surface area contributed by atoms with E-state index < -0.39 is 31.0 Å². The zero-order chi connectivity index (χ0) is 21.2. The number of carbonyl (C=O) groups excluding carboxylic acids is 3. The van der Waals surface area contributed by atoms with Crippen molar-refractivity contribution in [2.75, 3.05) is 13.2 Å². The largest absolute Gasteiger partial charge is 0.493 e. The summed E-state index contributed by atoms with van der Waals surface area (Å²) in [7, 11) is 0. The van der Waals surface area contributed by atoms with Gasteiger partial charge in [-0.05, 0) is 42.8 Å². The highest BCUT2D eigenvalue weighted by molar-refractivity contribution is 6.05. The van der Waals surface area contributed by atoms with E-state index in [1.165, 1.54) is 24.3 Å². The van der Waals surface area contributed by atoms with Crippen LogP contribution in [0.25, 0.3) is 0 Å². The Morgan fingerprint density at radius 1 is 1.03 bits per heavy atom. The first kappa shape index (κ1) is 21.8. The van der Waals surface area contributed by atoms with Gasteiger partial charge >= 0.3 is 12.6 Å². The molecule has 0 heterocycles. The van der Waals surface area contributed by atoms with E-state index in [4.69, 9.17) is 9.47 Å². The van der Waals surface area contributed by atoms with Gasteiger partial charge in [-0.1, -0.05) is 18.2 Å². The lowest BCUT2D eigenvalue weighted by Gasteiger charge is -2.09. The highest BCUT2D eigenvalue weighted by atomic mass is 19.3. The first-order valence-electron chi connectivity index (χ1n) is 8.58. The second-order valence-electron chi connectivity index (χ2n) is 5.80. The van der Waals surface area contributed by atoms with E-state index >= 15 is 0 Å². The van der Waals surface area contributed by atoms with Crippen LogP contribution in [0.5, 0.6) is 11.5 Å². The third-order valence-electron chi connectivity index (χ3n) is 3.62. The number of hydrogen-bond acceptors (Lipinski definition) is 6. The van der Waals surface area contributed by atoms with Crippen molar-refractivity contribution in [3.63, 3.8) is 0 Å². The van der Waals surface area contributed by atoms with E-state index in [1.807, 2.05) is 24.4 Å². The lowest BCUT2D eigenvalue weighted by atomic mass is 10.2. The molecular weight excluding hydrogens is 388 g/mol. The highest BCUT2D eigenvalue weighted by Gasteiger charge is 2.13. The second kappa shape index (κ2) is 10.7. The summed E-state index contributed by atoms with van der Waals surface area (Å²) in [6.45, 7) is -1.67. The number of imide groups is 1. The minimum atomic E-state index is -2.98. The minimum Gasteiger partial charge on any atom is -0.493 e. The Labute approximate surface area is 165 Å². The van der Waals surface area contributed by atoms with E-state index in [0.717, 1.165) is 5.56 Å². The summed E-state index contributed by atoms with van der Waals surface area (Å²) in [5, 5.41) is 2.03. The predicted octanol–water partition coefficient (Wildman–Crippen LogP) is 2.87. The Bertz CT molecular complexity index is 854. The van der Waals surface area contributed by atoms with Gasteiger partial charge in [0.05, 0.1) is 13.0 Å². The molecule has 0 saturated heterocycles. The van der Waals surface area contributed by atoms with Crippen molar-refractivity contribution in [3.8, 4) is 11.5 Å². The maximum atomic E-state index is 12.1. The molecule has 0 aliphatic carbocycles. The molecular formula is C20H19F2NO6. The number of carbonyl (C=O) groups is 3. The Morgan fingerprint density at radius 2 is 1.72 bits per heavy atom. The number of para-hydroxylation sites is 1. The molecule has 154 valence electrons. The van der Waals surface area contributed by atoms with Crippen LogP contribution in [0.2, 0.25) is 0 Å². The van der Waals surface area contributed by atoms with Gasteiger partial charge in [0.25, 0.3) is 11.8 Å². The van der Waals surface area contributed by atoms with Crippen LogP contribution in [0.1, 0.15) is 22.3 Å². The molecule has 0 aliphatic heterocycles.